The van der Waals surface area contributed by atoms with E-state index in [1.807, 2.05) is 13.0 Å². The van der Waals surface area contributed by atoms with Crippen molar-refractivity contribution < 1.29 is 23.5 Å². The van der Waals surface area contributed by atoms with Crippen LogP contribution in [0.25, 0.3) is 11.3 Å². The van der Waals surface area contributed by atoms with Gasteiger partial charge in [0.2, 0.25) is 0 Å². The van der Waals surface area contributed by atoms with Crippen molar-refractivity contribution in [1.29, 1.82) is 0 Å². The van der Waals surface area contributed by atoms with E-state index in [9.17, 15) is 14.4 Å². The van der Waals surface area contributed by atoms with Crippen LogP contribution in [0.2, 0.25) is 0 Å². The number of benzene rings is 3. The third-order valence-electron chi connectivity index (χ3n) is 5.39. The smallest absolute Gasteiger partial charge is 0.266 e. The molecule has 2 heterocycles. The van der Waals surface area contributed by atoms with E-state index in [0.29, 0.717) is 29.5 Å². The topological polar surface area (TPSA) is 102 Å². The van der Waals surface area contributed by atoms with E-state index < -0.39 is 17.7 Å². The maximum Gasteiger partial charge on any atom is 0.266 e. The second-order valence-electron chi connectivity index (χ2n) is 7.53. The Morgan fingerprint density at radius 3 is 2.53 bits per heavy atom. The minimum Gasteiger partial charge on any atom is -0.494 e. The zero-order chi connectivity index (χ0) is 23.7. The number of carbonyl (C=O) groups excluding carboxylic acids is 3. The summed E-state index contributed by atoms with van der Waals surface area (Å²) < 4.78 is 10.7. The molecule has 0 unspecified atom stereocenters. The Hall–Kier alpha value is -4.72. The molecule has 0 saturated heterocycles. The lowest BCUT2D eigenvalue weighted by Crippen LogP contribution is -2.29. The lowest BCUT2D eigenvalue weighted by atomic mass is 10.1. The van der Waals surface area contributed by atoms with Crippen LogP contribution in [0.5, 0.6) is 5.75 Å². The highest BCUT2D eigenvalue weighted by atomic mass is 16.5. The highest BCUT2D eigenvalue weighted by molar-refractivity contribution is 6.34. The van der Waals surface area contributed by atoms with Gasteiger partial charge >= 0.3 is 0 Å². The van der Waals surface area contributed by atoms with E-state index in [4.69, 9.17) is 9.15 Å². The number of ether oxygens (including phenoxy) is 1. The Bertz CT molecular complexity index is 1390. The number of oxazole rings is 1. The average Bonchev–Trinajstić information content (AvgIpc) is 3.47. The van der Waals surface area contributed by atoms with Crippen molar-refractivity contribution >= 4 is 29.1 Å². The fourth-order valence-electron chi connectivity index (χ4n) is 3.79. The molecule has 0 atom stereocenters. The number of fused-ring (bicyclic) bond motifs is 1. The van der Waals surface area contributed by atoms with Crippen molar-refractivity contribution in [1.82, 2.24) is 4.98 Å². The van der Waals surface area contributed by atoms with Crippen LogP contribution < -0.4 is 15.0 Å². The van der Waals surface area contributed by atoms with Gasteiger partial charge in [-0.2, -0.15) is 0 Å². The van der Waals surface area contributed by atoms with Gasteiger partial charge in [0.1, 0.15) is 5.75 Å². The van der Waals surface area contributed by atoms with Gasteiger partial charge in [0.05, 0.1) is 29.6 Å². The number of imide groups is 1. The number of hydrogen-bond donors (Lipinski definition) is 1. The standard InChI is InChI=1S/C26H19N3O5/c1-2-33-20-9-7-19(8-10-20)29-25(31)21-11-6-17(13-22(21)26(29)32)24(30)28-18-5-3-4-16(12-18)23-14-27-15-34-23/h3-15H,2H2,1H3,(H,28,30). The maximum absolute atomic E-state index is 13.1. The number of aromatic nitrogens is 1. The van der Waals surface area contributed by atoms with Gasteiger partial charge in [-0.3, -0.25) is 14.4 Å². The summed E-state index contributed by atoms with van der Waals surface area (Å²) in [5, 5.41) is 2.81. The van der Waals surface area contributed by atoms with Crippen molar-refractivity contribution in [3.05, 3.63) is 96.0 Å². The third-order valence-corrected chi connectivity index (χ3v) is 5.39. The molecule has 8 heteroatoms. The number of rotatable bonds is 6. The molecular weight excluding hydrogens is 434 g/mol. The molecule has 1 N–H and O–H groups in total. The SMILES string of the molecule is CCOc1ccc(N2C(=O)c3ccc(C(=O)Nc4cccc(-c5cnco5)c4)cc3C2=O)cc1. The summed E-state index contributed by atoms with van der Waals surface area (Å²) in [5.74, 6) is -0.0967. The van der Waals surface area contributed by atoms with E-state index in [2.05, 4.69) is 10.3 Å². The van der Waals surface area contributed by atoms with Crippen molar-refractivity contribution in [2.45, 2.75) is 6.92 Å². The van der Waals surface area contributed by atoms with Gasteiger partial charge in [0, 0.05) is 16.8 Å². The molecule has 3 aromatic carbocycles. The molecule has 1 aliphatic heterocycles. The predicted octanol–water partition coefficient (Wildman–Crippen LogP) is 4.79. The molecule has 4 aromatic rings. The van der Waals surface area contributed by atoms with E-state index in [1.165, 1.54) is 24.6 Å². The van der Waals surface area contributed by atoms with E-state index in [1.54, 1.807) is 48.7 Å². The lowest BCUT2D eigenvalue weighted by Gasteiger charge is -2.14. The predicted molar refractivity (Wildman–Crippen MR) is 125 cm³/mol. The average molecular weight is 453 g/mol. The molecule has 168 valence electrons. The fraction of sp³-hybridized carbons (Fsp3) is 0.0769. The minimum atomic E-state index is -0.480. The number of nitrogens with zero attached hydrogens (tertiary/aromatic N) is 2. The number of nitrogens with one attached hydrogen (secondary N) is 1. The summed E-state index contributed by atoms with van der Waals surface area (Å²) in [4.78, 5) is 43.8. The van der Waals surface area contributed by atoms with E-state index >= 15 is 0 Å². The first-order chi connectivity index (χ1) is 16.5. The quantitative estimate of drug-likeness (QED) is 0.421. The Morgan fingerprint density at radius 2 is 1.79 bits per heavy atom. The zero-order valence-electron chi connectivity index (χ0n) is 18.1. The molecule has 0 spiro atoms. The maximum atomic E-state index is 13.1. The van der Waals surface area contributed by atoms with Gasteiger partial charge in [-0.1, -0.05) is 12.1 Å². The van der Waals surface area contributed by atoms with Crippen molar-refractivity contribution in [3.63, 3.8) is 0 Å². The second kappa shape index (κ2) is 8.67. The molecule has 0 radical (unpaired) electrons. The van der Waals surface area contributed by atoms with Crippen LogP contribution in [0.4, 0.5) is 11.4 Å². The third kappa shape index (κ3) is 3.81. The van der Waals surface area contributed by atoms with Gasteiger partial charge in [-0.15, -0.1) is 0 Å². The normalized spacial score (nSPS) is 12.6. The molecule has 1 aromatic heterocycles. The van der Waals surface area contributed by atoms with Gasteiger partial charge < -0.3 is 14.5 Å². The first-order valence-electron chi connectivity index (χ1n) is 10.6. The molecule has 0 aliphatic carbocycles. The molecule has 1 aliphatic rings. The molecular formula is C26H19N3O5. The van der Waals surface area contributed by atoms with Crippen LogP contribution in [0, 0.1) is 0 Å². The Kier molecular flexibility index (Phi) is 5.39. The summed E-state index contributed by atoms with van der Waals surface area (Å²) in [7, 11) is 0. The number of carbonyl (C=O) groups is 3. The van der Waals surface area contributed by atoms with E-state index in [0.717, 1.165) is 10.5 Å². The monoisotopic (exact) mass is 453 g/mol. The number of amides is 3. The molecule has 0 fully saturated rings. The van der Waals surface area contributed by atoms with Crippen LogP contribution in [0.3, 0.4) is 0 Å². The first-order valence-corrected chi connectivity index (χ1v) is 10.6. The van der Waals surface area contributed by atoms with Crippen LogP contribution in [0.1, 0.15) is 38.0 Å². The molecule has 34 heavy (non-hydrogen) atoms. The molecule has 0 bridgehead atoms. The summed E-state index contributed by atoms with van der Waals surface area (Å²) >= 11 is 0. The van der Waals surface area contributed by atoms with Gasteiger partial charge in [0.15, 0.2) is 12.2 Å². The van der Waals surface area contributed by atoms with Crippen molar-refractivity contribution in [2.75, 3.05) is 16.8 Å². The van der Waals surface area contributed by atoms with Gasteiger partial charge in [-0.25, -0.2) is 9.88 Å². The van der Waals surface area contributed by atoms with Gasteiger partial charge in [-0.05, 0) is 61.5 Å². The Balaban J connectivity index is 1.37. The highest BCUT2D eigenvalue weighted by Gasteiger charge is 2.37. The summed E-state index contributed by atoms with van der Waals surface area (Å²) in [5.41, 5.74) is 2.45. The molecule has 0 saturated carbocycles. The van der Waals surface area contributed by atoms with E-state index in [-0.39, 0.29) is 16.7 Å². The van der Waals surface area contributed by atoms with Crippen LogP contribution in [-0.2, 0) is 0 Å². The lowest BCUT2D eigenvalue weighted by molar-refractivity contribution is 0.0925. The Morgan fingerprint density at radius 1 is 1.00 bits per heavy atom. The largest absolute Gasteiger partial charge is 0.494 e. The fourth-order valence-corrected chi connectivity index (χ4v) is 3.79. The molecule has 8 nitrogen and oxygen atoms in total. The minimum absolute atomic E-state index is 0.182. The van der Waals surface area contributed by atoms with Crippen LogP contribution in [0.15, 0.2) is 83.7 Å². The van der Waals surface area contributed by atoms with Crippen molar-refractivity contribution in [3.8, 4) is 17.1 Å². The van der Waals surface area contributed by atoms with Crippen LogP contribution in [-0.4, -0.2) is 29.3 Å². The summed E-state index contributed by atoms with van der Waals surface area (Å²) in [6.45, 7) is 2.39. The second-order valence-corrected chi connectivity index (χ2v) is 7.53. The molecule has 3 amide bonds. The highest BCUT2D eigenvalue weighted by Crippen LogP contribution is 2.30. The number of hydrogen-bond acceptors (Lipinski definition) is 6. The van der Waals surface area contributed by atoms with Crippen molar-refractivity contribution in [2.24, 2.45) is 0 Å². The summed E-state index contributed by atoms with van der Waals surface area (Å²) in [6, 6.07) is 18.3. The first kappa shape index (κ1) is 21.1. The summed E-state index contributed by atoms with van der Waals surface area (Å²) in [6.07, 6.45) is 2.92. The van der Waals surface area contributed by atoms with Gasteiger partial charge in [0.25, 0.3) is 17.7 Å². The number of anilines is 2. The molecule has 5 rings (SSSR count). The van der Waals surface area contributed by atoms with Crippen LogP contribution >= 0.6 is 0 Å². The zero-order valence-corrected chi connectivity index (χ0v) is 18.1. The Labute approximate surface area is 194 Å².